The van der Waals surface area contributed by atoms with Crippen LogP contribution in [0.15, 0.2) is 18.5 Å². The van der Waals surface area contributed by atoms with Crippen molar-refractivity contribution in [2.45, 2.75) is 27.2 Å². The number of carbonyl (C=O) groups excluding carboxylic acids is 1. The van der Waals surface area contributed by atoms with E-state index in [-0.39, 0.29) is 5.91 Å². The SMILES string of the molecule is CC.CNCCCNC(=O)c1cncc(C)c1. The molecule has 0 saturated heterocycles. The lowest BCUT2D eigenvalue weighted by Crippen LogP contribution is -2.26. The van der Waals surface area contributed by atoms with Crippen LogP contribution in [0.5, 0.6) is 0 Å². The van der Waals surface area contributed by atoms with Gasteiger partial charge < -0.3 is 10.6 Å². The summed E-state index contributed by atoms with van der Waals surface area (Å²) in [6.07, 6.45) is 4.25. The molecule has 1 heterocycles. The Kier molecular flexibility index (Phi) is 8.96. The summed E-state index contributed by atoms with van der Waals surface area (Å²) in [5, 5.41) is 5.87. The number of rotatable bonds is 5. The number of aromatic nitrogens is 1. The van der Waals surface area contributed by atoms with Crippen LogP contribution < -0.4 is 10.6 Å². The van der Waals surface area contributed by atoms with Crippen molar-refractivity contribution in [2.75, 3.05) is 20.1 Å². The standard InChI is InChI=1S/C11H17N3O.C2H6/c1-9-6-10(8-13-7-9)11(15)14-5-3-4-12-2;1-2/h6-8,12H,3-5H2,1-2H3,(H,14,15);1-2H3. The monoisotopic (exact) mass is 237 g/mol. The first-order valence-electron chi connectivity index (χ1n) is 6.08. The zero-order valence-electron chi connectivity index (χ0n) is 11.2. The van der Waals surface area contributed by atoms with Gasteiger partial charge in [-0.1, -0.05) is 13.8 Å². The first-order chi connectivity index (χ1) is 8.24. The molecule has 0 aromatic carbocycles. The van der Waals surface area contributed by atoms with E-state index in [2.05, 4.69) is 15.6 Å². The molecule has 0 radical (unpaired) electrons. The van der Waals surface area contributed by atoms with E-state index >= 15 is 0 Å². The summed E-state index contributed by atoms with van der Waals surface area (Å²) in [5.74, 6) is -0.0534. The van der Waals surface area contributed by atoms with Gasteiger partial charge in [-0.15, -0.1) is 0 Å². The molecule has 0 bridgehead atoms. The quantitative estimate of drug-likeness (QED) is 0.767. The molecular formula is C13H23N3O. The molecule has 0 saturated carbocycles. The van der Waals surface area contributed by atoms with Gasteiger partial charge in [0.15, 0.2) is 0 Å². The average molecular weight is 237 g/mol. The summed E-state index contributed by atoms with van der Waals surface area (Å²) in [6.45, 7) is 7.52. The van der Waals surface area contributed by atoms with Crippen LogP contribution in [0.3, 0.4) is 0 Å². The zero-order valence-corrected chi connectivity index (χ0v) is 11.2. The highest BCUT2D eigenvalue weighted by Gasteiger charge is 2.04. The van der Waals surface area contributed by atoms with Crippen molar-refractivity contribution in [1.29, 1.82) is 0 Å². The van der Waals surface area contributed by atoms with E-state index in [4.69, 9.17) is 0 Å². The van der Waals surface area contributed by atoms with E-state index < -0.39 is 0 Å². The molecule has 0 aliphatic carbocycles. The number of amides is 1. The van der Waals surface area contributed by atoms with Crippen molar-refractivity contribution in [3.63, 3.8) is 0 Å². The van der Waals surface area contributed by atoms with Gasteiger partial charge in [0, 0.05) is 18.9 Å². The summed E-state index contributed by atoms with van der Waals surface area (Å²) in [6, 6.07) is 1.83. The fraction of sp³-hybridized carbons (Fsp3) is 0.538. The lowest BCUT2D eigenvalue weighted by atomic mass is 10.2. The molecule has 1 aromatic rings. The third kappa shape index (κ3) is 6.68. The van der Waals surface area contributed by atoms with Crippen LogP contribution in [0.1, 0.15) is 36.2 Å². The minimum Gasteiger partial charge on any atom is -0.352 e. The van der Waals surface area contributed by atoms with E-state index in [1.165, 1.54) is 0 Å². The predicted molar refractivity (Wildman–Crippen MR) is 71.2 cm³/mol. The Morgan fingerprint density at radius 1 is 1.29 bits per heavy atom. The Bertz CT molecular complexity index is 326. The van der Waals surface area contributed by atoms with Gasteiger partial charge in [0.1, 0.15) is 0 Å². The van der Waals surface area contributed by atoms with Gasteiger partial charge in [-0.3, -0.25) is 9.78 Å². The first kappa shape index (κ1) is 15.6. The fourth-order valence-corrected chi connectivity index (χ4v) is 1.25. The van der Waals surface area contributed by atoms with Crippen LogP contribution in [0.2, 0.25) is 0 Å². The first-order valence-corrected chi connectivity index (χ1v) is 6.08. The van der Waals surface area contributed by atoms with E-state index in [1.54, 1.807) is 12.4 Å². The van der Waals surface area contributed by atoms with Crippen molar-refractivity contribution < 1.29 is 4.79 Å². The number of aryl methyl sites for hydroxylation is 1. The molecule has 96 valence electrons. The summed E-state index contributed by atoms with van der Waals surface area (Å²) < 4.78 is 0. The van der Waals surface area contributed by atoms with E-state index in [0.29, 0.717) is 12.1 Å². The van der Waals surface area contributed by atoms with Gasteiger partial charge in [0.25, 0.3) is 5.91 Å². The molecule has 1 aromatic heterocycles. The van der Waals surface area contributed by atoms with Crippen LogP contribution in [0.4, 0.5) is 0 Å². The topological polar surface area (TPSA) is 54.0 Å². The third-order valence-corrected chi connectivity index (χ3v) is 2.03. The third-order valence-electron chi connectivity index (χ3n) is 2.03. The Labute approximate surface area is 104 Å². The molecule has 0 aliphatic heterocycles. The van der Waals surface area contributed by atoms with Crippen LogP contribution in [-0.2, 0) is 0 Å². The largest absolute Gasteiger partial charge is 0.352 e. The Hall–Kier alpha value is -1.42. The van der Waals surface area contributed by atoms with Crippen molar-refractivity contribution in [1.82, 2.24) is 15.6 Å². The van der Waals surface area contributed by atoms with Crippen molar-refractivity contribution >= 4 is 5.91 Å². The molecule has 17 heavy (non-hydrogen) atoms. The molecule has 4 heteroatoms. The Morgan fingerprint density at radius 2 is 2.00 bits per heavy atom. The zero-order chi connectivity index (χ0) is 13.1. The minimum atomic E-state index is -0.0534. The molecule has 0 unspecified atom stereocenters. The maximum atomic E-state index is 11.6. The van der Waals surface area contributed by atoms with E-state index in [9.17, 15) is 4.79 Å². The van der Waals surface area contributed by atoms with Gasteiger partial charge in [-0.25, -0.2) is 0 Å². The van der Waals surface area contributed by atoms with Gasteiger partial charge in [-0.2, -0.15) is 0 Å². The normalized spacial score (nSPS) is 9.18. The second kappa shape index (κ2) is 9.78. The fourth-order valence-electron chi connectivity index (χ4n) is 1.25. The number of carbonyl (C=O) groups is 1. The van der Waals surface area contributed by atoms with Crippen LogP contribution in [0, 0.1) is 6.92 Å². The van der Waals surface area contributed by atoms with E-state index in [1.807, 2.05) is 33.9 Å². The molecule has 2 N–H and O–H groups in total. The van der Waals surface area contributed by atoms with Gasteiger partial charge in [0.2, 0.25) is 0 Å². The number of nitrogens with zero attached hydrogens (tertiary/aromatic N) is 1. The average Bonchev–Trinajstić information content (AvgIpc) is 2.37. The van der Waals surface area contributed by atoms with Crippen LogP contribution in [-0.4, -0.2) is 31.0 Å². The molecule has 0 atom stereocenters. The smallest absolute Gasteiger partial charge is 0.252 e. The second-order valence-corrected chi connectivity index (χ2v) is 3.46. The van der Waals surface area contributed by atoms with Gasteiger partial charge >= 0.3 is 0 Å². The van der Waals surface area contributed by atoms with Gasteiger partial charge in [0.05, 0.1) is 5.56 Å². The molecule has 1 rings (SSSR count). The van der Waals surface area contributed by atoms with Gasteiger partial charge in [-0.05, 0) is 38.6 Å². The molecule has 4 nitrogen and oxygen atoms in total. The maximum absolute atomic E-state index is 11.6. The highest BCUT2D eigenvalue weighted by Crippen LogP contribution is 2.00. The number of nitrogens with one attached hydrogen (secondary N) is 2. The highest BCUT2D eigenvalue weighted by molar-refractivity contribution is 5.93. The van der Waals surface area contributed by atoms with E-state index in [0.717, 1.165) is 18.5 Å². The van der Waals surface area contributed by atoms with Crippen molar-refractivity contribution in [3.05, 3.63) is 29.6 Å². The summed E-state index contributed by atoms with van der Waals surface area (Å²) in [4.78, 5) is 15.6. The molecular weight excluding hydrogens is 214 g/mol. The highest BCUT2D eigenvalue weighted by atomic mass is 16.1. The summed E-state index contributed by atoms with van der Waals surface area (Å²) >= 11 is 0. The number of hydrogen-bond donors (Lipinski definition) is 2. The summed E-state index contributed by atoms with van der Waals surface area (Å²) in [7, 11) is 1.90. The minimum absolute atomic E-state index is 0.0534. The lowest BCUT2D eigenvalue weighted by Gasteiger charge is -2.04. The predicted octanol–water partition coefficient (Wildman–Crippen LogP) is 1.76. The molecule has 1 amide bonds. The van der Waals surface area contributed by atoms with Crippen LogP contribution in [0.25, 0.3) is 0 Å². The number of hydrogen-bond acceptors (Lipinski definition) is 3. The summed E-state index contributed by atoms with van der Waals surface area (Å²) in [5.41, 5.74) is 1.62. The number of pyridine rings is 1. The lowest BCUT2D eigenvalue weighted by molar-refractivity contribution is 0.0953. The second-order valence-electron chi connectivity index (χ2n) is 3.46. The Morgan fingerprint density at radius 3 is 2.59 bits per heavy atom. The van der Waals surface area contributed by atoms with Crippen molar-refractivity contribution in [2.24, 2.45) is 0 Å². The van der Waals surface area contributed by atoms with Crippen molar-refractivity contribution in [3.8, 4) is 0 Å². The molecule has 0 fully saturated rings. The molecule has 0 spiro atoms. The Balaban J connectivity index is 0.00000121. The van der Waals surface area contributed by atoms with Crippen LogP contribution >= 0.6 is 0 Å². The molecule has 0 aliphatic rings. The maximum Gasteiger partial charge on any atom is 0.252 e.